The molecule has 0 aromatic heterocycles. The highest BCUT2D eigenvalue weighted by atomic mass is 32.2. The van der Waals surface area contributed by atoms with E-state index in [1.807, 2.05) is 45.9 Å². The van der Waals surface area contributed by atoms with E-state index in [0.717, 1.165) is 41.6 Å². The molecule has 3 rings (SSSR count). The number of para-hydroxylation sites is 1. The zero-order valence-electron chi connectivity index (χ0n) is 17.0. The Morgan fingerprint density at radius 3 is 2.36 bits per heavy atom. The van der Waals surface area contributed by atoms with Gasteiger partial charge in [0, 0.05) is 23.8 Å². The SMILES string of the molecule is Cc1ccc(S(=O)(=O)N2CCCCC2C)cc1C(=O)Nc1c(C)cccc1C. The lowest BCUT2D eigenvalue weighted by atomic mass is 10.1. The largest absolute Gasteiger partial charge is 0.321 e. The van der Waals surface area contributed by atoms with Gasteiger partial charge >= 0.3 is 0 Å². The van der Waals surface area contributed by atoms with Crippen LogP contribution >= 0.6 is 0 Å². The van der Waals surface area contributed by atoms with Gasteiger partial charge in [0.15, 0.2) is 0 Å². The van der Waals surface area contributed by atoms with E-state index >= 15 is 0 Å². The highest BCUT2D eigenvalue weighted by Gasteiger charge is 2.31. The van der Waals surface area contributed by atoms with Crippen molar-refractivity contribution in [1.29, 1.82) is 0 Å². The molecule has 6 heteroatoms. The van der Waals surface area contributed by atoms with Gasteiger partial charge in [-0.3, -0.25) is 4.79 Å². The number of aryl methyl sites for hydroxylation is 3. The molecular formula is C22H28N2O3S. The van der Waals surface area contributed by atoms with Crippen molar-refractivity contribution < 1.29 is 13.2 Å². The maximum absolute atomic E-state index is 13.1. The summed E-state index contributed by atoms with van der Waals surface area (Å²) in [6.45, 7) is 8.17. The third-order valence-corrected chi connectivity index (χ3v) is 7.53. The summed E-state index contributed by atoms with van der Waals surface area (Å²) in [6.07, 6.45) is 2.78. The van der Waals surface area contributed by atoms with E-state index in [2.05, 4.69) is 5.32 Å². The van der Waals surface area contributed by atoms with E-state index in [1.54, 1.807) is 16.4 Å². The number of nitrogens with one attached hydrogen (secondary N) is 1. The van der Waals surface area contributed by atoms with Crippen molar-refractivity contribution in [3.05, 3.63) is 58.7 Å². The fourth-order valence-corrected chi connectivity index (χ4v) is 5.49. The van der Waals surface area contributed by atoms with Crippen molar-refractivity contribution in [2.45, 2.75) is 57.9 Å². The lowest BCUT2D eigenvalue weighted by Gasteiger charge is -2.32. The van der Waals surface area contributed by atoms with Gasteiger partial charge in [-0.25, -0.2) is 8.42 Å². The van der Waals surface area contributed by atoms with Gasteiger partial charge in [-0.2, -0.15) is 4.31 Å². The van der Waals surface area contributed by atoms with E-state index < -0.39 is 10.0 Å². The van der Waals surface area contributed by atoms with Crippen molar-refractivity contribution in [2.24, 2.45) is 0 Å². The Balaban J connectivity index is 1.94. The standard InChI is InChI=1S/C22H28N2O3S/c1-15-11-12-19(28(26,27)24-13-6-5-10-18(24)4)14-20(15)22(25)23-21-16(2)8-7-9-17(21)3/h7-9,11-12,14,18H,5-6,10,13H2,1-4H3,(H,23,25). The molecule has 0 saturated carbocycles. The number of piperidine rings is 1. The van der Waals surface area contributed by atoms with Crippen molar-refractivity contribution in [3.63, 3.8) is 0 Å². The van der Waals surface area contributed by atoms with Crippen LogP contribution in [0.5, 0.6) is 0 Å². The fourth-order valence-electron chi connectivity index (χ4n) is 3.76. The zero-order valence-corrected chi connectivity index (χ0v) is 17.8. The molecule has 1 unspecified atom stereocenters. The molecule has 1 N–H and O–H groups in total. The Hall–Kier alpha value is -2.18. The normalized spacial score (nSPS) is 18.1. The molecule has 1 amide bonds. The molecule has 5 nitrogen and oxygen atoms in total. The first-order valence-electron chi connectivity index (χ1n) is 9.72. The predicted octanol–water partition coefficient (Wildman–Crippen LogP) is 4.43. The third kappa shape index (κ3) is 3.98. The minimum atomic E-state index is -3.62. The minimum Gasteiger partial charge on any atom is -0.321 e. The molecule has 1 heterocycles. The number of amides is 1. The van der Waals surface area contributed by atoms with E-state index in [1.165, 1.54) is 6.07 Å². The topological polar surface area (TPSA) is 66.5 Å². The van der Waals surface area contributed by atoms with Crippen molar-refractivity contribution in [3.8, 4) is 0 Å². The van der Waals surface area contributed by atoms with Gasteiger partial charge < -0.3 is 5.32 Å². The lowest BCUT2D eigenvalue weighted by Crippen LogP contribution is -2.42. The third-order valence-electron chi connectivity index (χ3n) is 5.52. The molecule has 0 radical (unpaired) electrons. The van der Waals surface area contributed by atoms with E-state index in [4.69, 9.17) is 0 Å². The molecule has 0 spiro atoms. The summed E-state index contributed by atoms with van der Waals surface area (Å²) in [5.74, 6) is -0.293. The first-order valence-corrected chi connectivity index (χ1v) is 11.2. The van der Waals surface area contributed by atoms with Gasteiger partial charge in [-0.15, -0.1) is 0 Å². The van der Waals surface area contributed by atoms with Crippen LogP contribution in [0.25, 0.3) is 0 Å². The molecule has 150 valence electrons. The summed E-state index contributed by atoms with van der Waals surface area (Å²) in [7, 11) is -3.62. The second-order valence-electron chi connectivity index (χ2n) is 7.66. The van der Waals surface area contributed by atoms with Gasteiger partial charge in [0.25, 0.3) is 5.91 Å². The number of hydrogen-bond acceptors (Lipinski definition) is 3. The second-order valence-corrected chi connectivity index (χ2v) is 9.55. The molecule has 0 aliphatic carbocycles. The van der Waals surface area contributed by atoms with Crippen LogP contribution in [-0.4, -0.2) is 31.2 Å². The molecule has 2 aromatic rings. The molecule has 2 aromatic carbocycles. The number of sulfonamides is 1. The summed E-state index contributed by atoms with van der Waals surface area (Å²) in [4.78, 5) is 13.1. The van der Waals surface area contributed by atoms with Crippen LogP contribution in [0.4, 0.5) is 5.69 Å². The number of carbonyl (C=O) groups excluding carboxylic acids is 1. The molecule has 1 saturated heterocycles. The van der Waals surface area contributed by atoms with Gasteiger partial charge in [0.1, 0.15) is 0 Å². The fraction of sp³-hybridized carbons (Fsp3) is 0.409. The Morgan fingerprint density at radius 2 is 1.71 bits per heavy atom. The summed E-state index contributed by atoms with van der Waals surface area (Å²) < 4.78 is 27.9. The number of benzene rings is 2. The number of anilines is 1. The average molecular weight is 401 g/mol. The van der Waals surface area contributed by atoms with Crippen LogP contribution in [-0.2, 0) is 10.0 Å². The number of carbonyl (C=O) groups is 1. The Kier molecular flexibility index (Phi) is 5.91. The number of nitrogens with zero attached hydrogens (tertiary/aromatic N) is 1. The van der Waals surface area contributed by atoms with Gasteiger partial charge in [0.05, 0.1) is 4.90 Å². The summed E-state index contributed by atoms with van der Waals surface area (Å²) in [5, 5.41) is 2.96. The summed E-state index contributed by atoms with van der Waals surface area (Å²) in [6, 6.07) is 10.6. The predicted molar refractivity (Wildman–Crippen MR) is 112 cm³/mol. The Labute approximate surface area is 167 Å². The molecule has 1 fully saturated rings. The van der Waals surface area contributed by atoms with Crippen LogP contribution in [0, 0.1) is 20.8 Å². The van der Waals surface area contributed by atoms with Gasteiger partial charge in [-0.05, 0) is 69.4 Å². The smallest absolute Gasteiger partial charge is 0.255 e. The minimum absolute atomic E-state index is 0.0213. The number of rotatable bonds is 4. The molecular weight excluding hydrogens is 372 g/mol. The van der Waals surface area contributed by atoms with Crippen molar-refractivity contribution in [2.75, 3.05) is 11.9 Å². The zero-order chi connectivity index (χ0) is 20.5. The van der Waals surface area contributed by atoms with Crippen LogP contribution in [0.15, 0.2) is 41.3 Å². The van der Waals surface area contributed by atoms with Crippen LogP contribution < -0.4 is 5.32 Å². The summed E-state index contributed by atoms with van der Waals surface area (Å²) >= 11 is 0. The highest BCUT2D eigenvalue weighted by molar-refractivity contribution is 7.89. The quantitative estimate of drug-likeness (QED) is 0.826. The average Bonchev–Trinajstić information content (AvgIpc) is 2.65. The Morgan fingerprint density at radius 1 is 1.04 bits per heavy atom. The van der Waals surface area contributed by atoms with Gasteiger partial charge in [0.2, 0.25) is 10.0 Å². The monoisotopic (exact) mass is 400 g/mol. The first-order chi connectivity index (χ1) is 13.2. The number of hydrogen-bond donors (Lipinski definition) is 1. The van der Waals surface area contributed by atoms with Crippen LogP contribution in [0.1, 0.15) is 53.2 Å². The first kappa shape index (κ1) is 20.6. The van der Waals surface area contributed by atoms with E-state index in [-0.39, 0.29) is 16.8 Å². The van der Waals surface area contributed by atoms with Crippen LogP contribution in [0.2, 0.25) is 0 Å². The Bertz CT molecular complexity index is 979. The maximum Gasteiger partial charge on any atom is 0.255 e. The molecule has 0 bridgehead atoms. The lowest BCUT2D eigenvalue weighted by molar-refractivity contribution is 0.102. The van der Waals surface area contributed by atoms with Crippen molar-refractivity contribution >= 4 is 21.6 Å². The summed E-state index contributed by atoms with van der Waals surface area (Å²) in [5.41, 5.74) is 3.83. The van der Waals surface area contributed by atoms with E-state index in [0.29, 0.717) is 12.1 Å². The molecule has 28 heavy (non-hydrogen) atoms. The highest BCUT2D eigenvalue weighted by Crippen LogP contribution is 2.27. The molecule has 1 atom stereocenters. The van der Waals surface area contributed by atoms with Gasteiger partial charge in [-0.1, -0.05) is 30.7 Å². The van der Waals surface area contributed by atoms with Crippen LogP contribution in [0.3, 0.4) is 0 Å². The molecule has 1 aliphatic heterocycles. The van der Waals surface area contributed by atoms with E-state index in [9.17, 15) is 13.2 Å². The molecule has 1 aliphatic rings. The second kappa shape index (κ2) is 8.05. The van der Waals surface area contributed by atoms with Crippen molar-refractivity contribution in [1.82, 2.24) is 4.31 Å². The maximum atomic E-state index is 13.1.